The van der Waals surface area contributed by atoms with Gasteiger partial charge in [0.1, 0.15) is 11.8 Å². The van der Waals surface area contributed by atoms with Gasteiger partial charge in [-0.2, -0.15) is 13.2 Å². The molecule has 1 atom stereocenters. The van der Waals surface area contributed by atoms with Crippen LogP contribution in [0.2, 0.25) is 0 Å². The second-order valence-electron chi connectivity index (χ2n) is 8.63. The SMILES string of the molecule is C=C/C=C(\C=C)CN(C)C(=O)C(c1ccncc1C)N(CCC(F)(F)F)C(=O)CCc1ccc(O)cc1. The number of amides is 2. The molecule has 0 radical (unpaired) electrons. The number of rotatable bonds is 12. The fraction of sp³-hybridized carbons (Fsp3) is 0.321. The van der Waals surface area contributed by atoms with E-state index in [0.29, 0.717) is 16.7 Å². The number of alkyl halides is 3. The summed E-state index contributed by atoms with van der Waals surface area (Å²) in [5.41, 5.74) is 2.38. The molecule has 0 bridgehead atoms. The van der Waals surface area contributed by atoms with Gasteiger partial charge < -0.3 is 14.9 Å². The van der Waals surface area contributed by atoms with E-state index < -0.39 is 37.0 Å². The maximum Gasteiger partial charge on any atom is 0.390 e. The van der Waals surface area contributed by atoms with Crippen molar-refractivity contribution in [3.8, 4) is 5.75 Å². The second kappa shape index (κ2) is 13.4. The molecule has 2 rings (SSSR count). The van der Waals surface area contributed by atoms with Crippen molar-refractivity contribution in [1.82, 2.24) is 14.8 Å². The first-order valence-electron chi connectivity index (χ1n) is 11.7. The van der Waals surface area contributed by atoms with Gasteiger partial charge in [-0.05, 0) is 53.8 Å². The van der Waals surface area contributed by atoms with Crippen molar-refractivity contribution in [1.29, 1.82) is 0 Å². The average Bonchev–Trinajstić information content (AvgIpc) is 2.85. The highest BCUT2D eigenvalue weighted by atomic mass is 19.4. The van der Waals surface area contributed by atoms with Crippen molar-refractivity contribution in [2.45, 2.75) is 38.4 Å². The Hall–Kier alpha value is -3.88. The fourth-order valence-corrected chi connectivity index (χ4v) is 3.82. The normalized spacial score (nSPS) is 12.5. The Morgan fingerprint density at radius 1 is 1.16 bits per heavy atom. The average molecular weight is 516 g/mol. The van der Waals surface area contributed by atoms with Gasteiger partial charge in [-0.3, -0.25) is 14.6 Å². The lowest BCUT2D eigenvalue weighted by Crippen LogP contribution is -2.46. The van der Waals surface area contributed by atoms with Crippen molar-refractivity contribution < 1.29 is 27.9 Å². The number of benzene rings is 1. The maximum atomic E-state index is 13.7. The van der Waals surface area contributed by atoms with Crippen LogP contribution in [0, 0.1) is 6.92 Å². The predicted molar refractivity (Wildman–Crippen MR) is 137 cm³/mol. The number of aromatic hydroxyl groups is 1. The van der Waals surface area contributed by atoms with Crippen LogP contribution in [0.15, 0.2) is 79.7 Å². The number of hydrogen-bond acceptors (Lipinski definition) is 4. The number of phenolic OH excluding ortho intramolecular Hbond substituents is 1. The van der Waals surface area contributed by atoms with Gasteiger partial charge in [-0.25, -0.2) is 0 Å². The molecule has 0 fully saturated rings. The van der Waals surface area contributed by atoms with E-state index in [1.165, 1.54) is 36.5 Å². The minimum atomic E-state index is -4.52. The molecule has 1 N–H and O–H groups in total. The maximum absolute atomic E-state index is 13.7. The van der Waals surface area contributed by atoms with Gasteiger partial charge >= 0.3 is 6.18 Å². The molecule has 1 aromatic carbocycles. The Morgan fingerprint density at radius 3 is 2.41 bits per heavy atom. The van der Waals surface area contributed by atoms with Crippen LogP contribution in [-0.2, 0) is 16.0 Å². The Balaban J connectivity index is 2.46. The molecule has 2 aromatic rings. The highest BCUT2D eigenvalue weighted by Gasteiger charge is 2.37. The number of nitrogens with zero attached hydrogens (tertiary/aromatic N) is 3. The van der Waals surface area contributed by atoms with Crippen LogP contribution in [0.5, 0.6) is 5.75 Å². The van der Waals surface area contributed by atoms with Gasteiger partial charge in [0.15, 0.2) is 0 Å². The molecule has 0 spiro atoms. The number of carbonyl (C=O) groups is 2. The number of aryl methyl sites for hydroxylation is 2. The lowest BCUT2D eigenvalue weighted by Gasteiger charge is -2.35. The fourth-order valence-electron chi connectivity index (χ4n) is 3.82. The Morgan fingerprint density at radius 2 is 1.84 bits per heavy atom. The van der Waals surface area contributed by atoms with Crippen LogP contribution in [-0.4, -0.2) is 58.0 Å². The van der Waals surface area contributed by atoms with Gasteiger partial charge in [0.2, 0.25) is 11.8 Å². The van der Waals surface area contributed by atoms with E-state index in [1.54, 1.807) is 43.4 Å². The summed E-state index contributed by atoms with van der Waals surface area (Å²) < 4.78 is 39.8. The molecule has 0 aliphatic carbocycles. The summed E-state index contributed by atoms with van der Waals surface area (Å²) in [5, 5.41) is 9.48. The van der Waals surface area contributed by atoms with Gasteiger partial charge in [-0.1, -0.05) is 43.5 Å². The molecule has 9 heteroatoms. The number of allylic oxidation sites excluding steroid dienone is 2. The largest absolute Gasteiger partial charge is 0.508 e. The summed E-state index contributed by atoms with van der Waals surface area (Å²) in [6.45, 7) is 8.50. The summed E-state index contributed by atoms with van der Waals surface area (Å²) in [7, 11) is 1.52. The molecule has 198 valence electrons. The van der Waals surface area contributed by atoms with Crippen LogP contribution >= 0.6 is 0 Å². The molecule has 1 aromatic heterocycles. The molecular weight excluding hydrogens is 483 g/mol. The van der Waals surface area contributed by atoms with E-state index in [9.17, 15) is 27.9 Å². The summed E-state index contributed by atoms with van der Waals surface area (Å²) in [5.74, 6) is -1.06. The van der Waals surface area contributed by atoms with Gasteiger partial charge in [0.25, 0.3) is 0 Å². The number of pyridine rings is 1. The zero-order valence-electron chi connectivity index (χ0n) is 21.0. The lowest BCUT2D eigenvalue weighted by molar-refractivity contribution is -0.154. The lowest BCUT2D eigenvalue weighted by atomic mass is 9.98. The van der Waals surface area contributed by atoms with Crippen LogP contribution in [0.3, 0.4) is 0 Å². The van der Waals surface area contributed by atoms with Crippen molar-refractivity contribution in [2.75, 3.05) is 20.1 Å². The van der Waals surface area contributed by atoms with E-state index in [2.05, 4.69) is 18.1 Å². The predicted octanol–water partition coefficient (Wildman–Crippen LogP) is 5.31. The monoisotopic (exact) mass is 515 g/mol. The molecule has 0 saturated carbocycles. The first-order valence-corrected chi connectivity index (χ1v) is 11.7. The third kappa shape index (κ3) is 8.93. The van der Waals surface area contributed by atoms with Crippen molar-refractivity contribution in [3.05, 3.63) is 96.4 Å². The first-order chi connectivity index (χ1) is 17.5. The van der Waals surface area contributed by atoms with E-state index >= 15 is 0 Å². The number of carbonyl (C=O) groups excluding carboxylic acids is 2. The minimum Gasteiger partial charge on any atom is -0.508 e. The number of phenols is 1. The molecule has 0 aliphatic heterocycles. The number of likely N-dealkylation sites (N-methyl/N-ethyl adjacent to an activating group) is 1. The summed E-state index contributed by atoms with van der Waals surface area (Å²) in [4.78, 5) is 33.6. The van der Waals surface area contributed by atoms with E-state index in [0.717, 1.165) is 10.5 Å². The van der Waals surface area contributed by atoms with E-state index in [4.69, 9.17) is 0 Å². The van der Waals surface area contributed by atoms with Gasteiger partial charge in [0.05, 0.1) is 6.42 Å². The standard InChI is InChI=1S/C28H32F3N3O3/c1-5-7-21(6-2)19-33(4)27(37)26(24-14-16-32-18-20(24)3)34(17-15-28(29,30)31)25(36)13-10-22-8-11-23(35)12-9-22/h5-9,11-12,14,16,18,26,35H,1-2,10,13,15,17,19H2,3-4H3/b21-7+. The van der Waals surface area contributed by atoms with Crippen LogP contribution < -0.4 is 0 Å². The van der Waals surface area contributed by atoms with Crippen molar-refractivity contribution in [3.63, 3.8) is 0 Å². The van der Waals surface area contributed by atoms with E-state index in [1.807, 2.05) is 0 Å². The molecule has 6 nitrogen and oxygen atoms in total. The quantitative estimate of drug-likeness (QED) is 0.389. The molecule has 0 saturated heterocycles. The number of halogens is 3. The van der Waals surface area contributed by atoms with Gasteiger partial charge in [-0.15, -0.1) is 0 Å². The summed E-state index contributed by atoms with van der Waals surface area (Å²) in [6, 6.07) is 6.47. The van der Waals surface area contributed by atoms with Crippen LogP contribution in [0.4, 0.5) is 13.2 Å². The molecular formula is C28H32F3N3O3. The highest BCUT2D eigenvalue weighted by molar-refractivity contribution is 5.89. The van der Waals surface area contributed by atoms with Crippen LogP contribution in [0.1, 0.15) is 35.6 Å². The summed E-state index contributed by atoms with van der Waals surface area (Å²) >= 11 is 0. The Kier molecular flexibility index (Phi) is 10.7. The van der Waals surface area contributed by atoms with Crippen LogP contribution in [0.25, 0.3) is 0 Å². The minimum absolute atomic E-state index is 0.0631. The zero-order chi connectivity index (χ0) is 27.6. The third-order valence-corrected chi connectivity index (χ3v) is 5.81. The number of aromatic nitrogens is 1. The van der Waals surface area contributed by atoms with E-state index in [-0.39, 0.29) is 25.1 Å². The molecule has 2 amide bonds. The molecule has 1 heterocycles. The third-order valence-electron chi connectivity index (χ3n) is 5.81. The van der Waals surface area contributed by atoms with Gasteiger partial charge in [0, 0.05) is 39.0 Å². The first kappa shape index (κ1) is 29.4. The molecule has 37 heavy (non-hydrogen) atoms. The number of hydrogen-bond donors (Lipinski definition) is 1. The molecule has 1 unspecified atom stereocenters. The van der Waals surface area contributed by atoms with Crippen molar-refractivity contribution in [2.24, 2.45) is 0 Å². The Bertz CT molecular complexity index is 1130. The summed E-state index contributed by atoms with van der Waals surface area (Å²) in [6.07, 6.45) is 2.06. The smallest absolute Gasteiger partial charge is 0.390 e. The Labute approximate surface area is 215 Å². The zero-order valence-corrected chi connectivity index (χ0v) is 21.0. The highest BCUT2D eigenvalue weighted by Crippen LogP contribution is 2.30. The molecule has 0 aliphatic rings. The van der Waals surface area contributed by atoms with Crippen molar-refractivity contribution >= 4 is 11.8 Å². The second-order valence-corrected chi connectivity index (χ2v) is 8.63. The topological polar surface area (TPSA) is 73.7 Å².